The number of nitrogens with one attached hydrogen (secondary N) is 1. The van der Waals surface area contributed by atoms with Crippen molar-refractivity contribution in [2.24, 2.45) is 0 Å². The third-order valence-corrected chi connectivity index (χ3v) is 4.57. The maximum absolute atomic E-state index is 3.63. The number of rotatable bonds is 8. The molecule has 0 amide bonds. The van der Waals surface area contributed by atoms with Gasteiger partial charge in [0.05, 0.1) is 0 Å². The number of hydrogen-bond acceptors (Lipinski definition) is 2. The lowest BCUT2D eigenvalue weighted by Gasteiger charge is -2.17. The van der Waals surface area contributed by atoms with Crippen molar-refractivity contribution in [3.8, 4) is 0 Å². The van der Waals surface area contributed by atoms with Gasteiger partial charge in [-0.25, -0.2) is 0 Å². The van der Waals surface area contributed by atoms with E-state index in [2.05, 4.69) is 45.9 Å². The van der Waals surface area contributed by atoms with E-state index in [0.717, 1.165) is 6.54 Å². The van der Waals surface area contributed by atoms with Crippen LogP contribution in [0.15, 0.2) is 15.2 Å². The second-order valence-electron chi connectivity index (χ2n) is 4.13. The molecule has 1 aromatic heterocycles. The van der Waals surface area contributed by atoms with Crippen LogP contribution in [0.4, 0.5) is 0 Å². The molecule has 0 aliphatic rings. The van der Waals surface area contributed by atoms with Crippen LogP contribution in [0.25, 0.3) is 0 Å². The summed E-state index contributed by atoms with van der Waals surface area (Å²) in [4.78, 5) is 0. The largest absolute Gasteiger partial charge is 0.310 e. The molecule has 0 fully saturated rings. The second kappa shape index (κ2) is 8.26. The Morgan fingerprint density at radius 2 is 2.06 bits per heavy atom. The summed E-state index contributed by atoms with van der Waals surface area (Å²) in [7, 11) is 0. The molecule has 1 aromatic rings. The van der Waals surface area contributed by atoms with Crippen molar-refractivity contribution < 1.29 is 0 Å². The quantitative estimate of drug-likeness (QED) is 0.656. The molecule has 92 valence electrons. The van der Waals surface area contributed by atoms with Crippen molar-refractivity contribution in [3.05, 3.63) is 20.8 Å². The van der Waals surface area contributed by atoms with Crippen LogP contribution in [0.2, 0.25) is 0 Å². The highest BCUT2D eigenvalue weighted by Crippen LogP contribution is 2.30. The predicted octanol–water partition coefficient (Wildman–Crippen LogP) is 5.13. The fraction of sp³-hybridized carbons (Fsp3) is 0.692. The summed E-state index contributed by atoms with van der Waals surface area (Å²) in [6.07, 6.45) is 6.62. The average molecular weight is 304 g/mol. The van der Waals surface area contributed by atoms with E-state index in [4.69, 9.17) is 0 Å². The van der Waals surface area contributed by atoms with Crippen LogP contribution in [0.5, 0.6) is 0 Å². The van der Waals surface area contributed by atoms with Crippen molar-refractivity contribution in [1.82, 2.24) is 5.32 Å². The van der Waals surface area contributed by atoms with Crippen LogP contribution in [-0.4, -0.2) is 6.54 Å². The molecule has 1 nitrogen and oxygen atoms in total. The van der Waals surface area contributed by atoms with Gasteiger partial charge in [-0.2, -0.15) is 11.3 Å². The van der Waals surface area contributed by atoms with Crippen molar-refractivity contribution in [3.63, 3.8) is 0 Å². The van der Waals surface area contributed by atoms with Gasteiger partial charge in [-0.1, -0.05) is 39.5 Å². The Bertz CT molecular complexity index is 285. The molecule has 0 saturated carbocycles. The van der Waals surface area contributed by atoms with Crippen LogP contribution < -0.4 is 5.32 Å². The highest BCUT2D eigenvalue weighted by atomic mass is 79.9. The fourth-order valence-corrected chi connectivity index (χ4v) is 3.56. The molecule has 0 bridgehead atoms. The summed E-state index contributed by atoms with van der Waals surface area (Å²) in [5.41, 5.74) is 1.43. The topological polar surface area (TPSA) is 12.0 Å². The average Bonchev–Trinajstić information content (AvgIpc) is 2.69. The first-order chi connectivity index (χ1) is 7.79. The van der Waals surface area contributed by atoms with E-state index in [-0.39, 0.29) is 0 Å². The molecule has 0 spiro atoms. The Hall–Kier alpha value is 0.140. The zero-order valence-corrected chi connectivity index (χ0v) is 12.7. The molecule has 16 heavy (non-hydrogen) atoms. The van der Waals surface area contributed by atoms with Crippen molar-refractivity contribution >= 4 is 27.3 Å². The van der Waals surface area contributed by atoms with Crippen LogP contribution in [0.1, 0.15) is 57.6 Å². The molecule has 0 saturated heterocycles. The standard InChI is InChI=1S/C13H22BrNS/c1-3-5-6-7-8-13(15-4-2)11-9-16-10-12(11)14/h9-10,13,15H,3-8H2,1-2H3. The molecule has 1 rings (SSSR count). The summed E-state index contributed by atoms with van der Waals surface area (Å²) in [5, 5.41) is 8.01. The predicted molar refractivity (Wildman–Crippen MR) is 77.2 cm³/mol. The van der Waals surface area contributed by atoms with Gasteiger partial charge in [-0.05, 0) is 39.8 Å². The molecule has 0 aliphatic heterocycles. The lowest BCUT2D eigenvalue weighted by Crippen LogP contribution is -2.20. The van der Waals surface area contributed by atoms with Gasteiger partial charge in [0.25, 0.3) is 0 Å². The minimum atomic E-state index is 0.530. The normalized spacial score (nSPS) is 12.9. The smallest absolute Gasteiger partial charge is 0.0339 e. The minimum absolute atomic E-state index is 0.530. The van der Waals surface area contributed by atoms with Gasteiger partial charge in [0.1, 0.15) is 0 Å². The van der Waals surface area contributed by atoms with E-state index in [9.17, 15) is 0 Å². The second-order valence-corrected chi connectivity index (χ2v) is 5.73. The van der Waals surface area contributed by atoms with Crippen LogP contribution >= 0.6 is 27.3 Å². The zero-order chi connectivity index (χ0) is 11.8. The van der Waals surface area contributed by atoms with Crippen LogP contribution in [0.3, 0.4) is 0 Å². The van der Waals surface area contributed by atoms with Gasteiger partial charge in [0.2, 0.25) is 0 Å². The molecular weight excluding hydrogens is 282 g/mol. The number of unbranched alkanes of at least 4 members (excludes halogenated alkanes) is 3. The van der Waals surface area contributed by atoms with Gasteiger partial charge < -0.3 is 5.32 Å². The number of thiophene rings is 1. The number of halogens is 1. The monoisotopic (exact) mass is 303 g/mol. The van der Waals surface area contributed by atoms with Crippen molar-refractivity contribution in [2.75, 3.05) is 6.54 Å². The van der Waals surface area contributed by atoms with Crippen LogP contribution in [-0.2, 0) is 0 Å². The molecule has 3 heteroatoms. The maximum Gasteiger partial charge on any atom is 0.0339 e. The Morgan fingerprint density at radius 1 is 1.25 bits per heavy atom. The fourth-order valence-electron chi connectivity index (χ4n) is 1.93. The maximum atomic E-state index is 3.63. The van der Waals surface area contributed by atoms with E-state index in [0.29, 0.717) is 6.04 Å². The highest BCUT2D eigenvalue weighted by Gasteiger charge is 2.13. The van der Waals surface area contributed by atoms with Gasteiger partial charge in [-0.3, -0.25) is 0 Å². The first kappa shape index (κ1) is 14.2. The lowest BCUT2D eigenvalue weighted by atomic mass is 10.0. The van der Waals surface area contributed by atoms with Gasteiger partial charge in [0, 0.05) is 15.9 Å². The van der Waals surface area contributed by atoms with Crippen molar-refractivity contribution in [2.45, 2.75) is 52.0 Å². The van der Waals surface area contributed by atoms with E-state index in [1.807, 2.05) is 0 Å². The summed E-state index contributed by atoms with van der Waals surface area (Å²) in [6, 6.07) is 0.530. The molecule has 0 aliphatic carbocycles. The SMILES string of the molecule is CCCCCCC(NCC)c1cscc1Br. The molecular formula is C13H22BrNS. The summed E-state index contributed by atoms with van der Waals surface area (Å²) >= 11 is 5.41. The van der Waals surface area contributed by atoms with Crippen molar-refractivity contribution in [1.29, 1.82) is 0 Å². The molecule has 1 atom stereocenters. The molecule has 1 N–H and O–H groups in total. The summed E-state index contributed by atoms with van der Waals surface area (Å²) in [5.74, 6) is 0. The molecule has 1 unspecified atom stereocenters. The number of hydrogen-bond donors (Lipinski definition) is 1. The third-order valence-electron chi connectivity index (χ3n) is 2.81. The third kappa shape index (κ3) is 4.56. The lowest BCUT2D eigenvalue weighted by molar-refractivity contribution is 0.481. The Morgan fingerprint density at radius 3 is 2.62 bits per heavy atom. The van der Waals surface area contributed by atoms with E-state index < -0.39 is 0 Å². The Labute approximate surface area is 112 Å². The van der Waals surface area contributed by atoms with Crippen LogP contribution in [0, 0.1) is 0 Å². The Balaban J connectivity index is 2.45. The summed E-state index contributed by atoms with van der Waals surface area (Å²) < 4.78 is 1.26. The molecule has 0 aromatic carbocycles. The minimum Gasteiger partial charge on any atom is -0.310 e. The van der Waals surface area contributed by atoms with Gasteiger partial charge >= 0.3 is 0 Å². The molecule has 0 radical (unpaired) electrons. The molecule has 1 heterocycles. The zero-order valence-electron chi connectivity index (χ0n) is 10.3. The van der Waals surface area contributed by atoms with E-state index >= 15 is 0 Å². The first-order valence-corrected chi connectivity index (χ1v) is 7.98. The van der Waals surface area contributed by atoms with E-state index in [1.165, 1.54) is 42.1 Å². The highest BCUT2D eigenvalue weighted by molar-refractivity contribution is 9.10. The first-order valence-electron chi connectivity index (χ1n) is 6.24. The van der Waals surface area contributed by atoms with Gasteiger partial charge in [0.15, 0.2) is 0 Å². The van der Waals surface area contributed by atoms with E-state index in [1.54, 1.807) is 11.3 Å². The van der Waals surface area contributed by atoms with Gasteiger partial charge in [-0.15, -0.1) is 0 Å². The Kier molecular flexibility index (Phi) is 7.33. The summed E-state index contributed by atoms with van der Waals surface area (Å²) in [6.45, 7) is 5.48.